The van der Waals surface area contributed by atoms with Crippen LogP contribution in [-0.4, -0.2) is 24.6 Å². The molecule has 0 saturated carbocycles. The molecule has 0 amide bonds. The van der Waals surface area contributed by atoms with Gasteiger partial charge >= 0.3 is 0 Å². The molecular weight excluding hydrogens is 252 g/mol. The zero-order valence-electron chi connectivity index (χ0n) is 9.26. The minimum atomic E-state index is 0.410. The van der Waals surface area contributed by atoms with E-state index in [1.165, 1.54) is 16.8 Å². The normalized spacial score (nSPS) is 21.8. The molecule has 1 fully saturated rings. The van der Waals surface area contributed by atoms with E-state index < -0.39 is 0 Å². The Labute approximate surface area is 99.8 Å². The molecule has 0 radical (unpaired) electrons. The maximum Gasteiger partial charge on any atom is 0.0970 e. The standard InChI is InChI=1S/C12H17BrN2/c1-9-5-10(2)7-11(6-9)15-4-3-14-8-12(15)13/h5-7,12,14H,3-4,8H2,1-2H3. The van der Waals surface area contributed by atoms with Crippen LogP contribution in [0.15, 0.2) is 18.2 Å². The molecule has 0 bridgehead atoms. The van der Waals surface area contributed by atoms with Crippen LogP contribution in [0.25, 0.3) is 0 Å². The molecule has 1 aromatic carbocycles. The first-order valence-corrected chi connectivity index (χ1v) is 6.28. The number of anilines is 1. The van der Waals surface area contributed by atoms with Crippen molar-refractivity contribution in [2.24, 2.45) is 0 Å². The predicted octanol–water partition coefficient (Wildman–Crippen LogP) is 2.43. The summed E-state index contributed by atoms with van der Waals surface area (Å²) in [4.78, 5) is 2.82. The summed E-state index contributed by atoms with van der Waals surface area (Å²) < 4.78 is 0. The number of halogens is 1. The highest BCUT2D eigenvalue weighted by molar-refractivity contribution is 9.09. The van der Waals surface area contributed by atoms with Crippen molar-refractivity contribution in [2.45, 2.75) is 18.8 Å². The summed E-state index contributed by atoms with van der Waals surface area (Å²) in [5, 5.41) is 3.37. The van der Waals surface area contributed by atoms with Gasteiger partial charge in [0.05, 0.1) is 4.95 Å². The number of benzene rings is 1. The van der Waals surface area contributed by atoms with Gasteiger partial charge in [-0.1, -0.05) is 22.0 Å². The number of hydrogen-bond donors (Lipinski definition) is 1. The van der Waals surface area contributed by atoms with E-state index in [1.807, 2.05) is 0 Å². The Hall–Kier alpha value is -0.540. The summed E-state index contributed by atoms with van der Waals surface area (Å²) in [5.41, 5.74) is 4.00. The van der Waals surface area contributed by atoms with E-state index in [0.29, 0.717) is 4.95 Å². The number of rotatable bonds is 1. The van der Waals surface area contributed by atoms with Gasteiger partial charge in [0.25, 0.3) is 0 Å². The fourth-order valence-corrected chi connectivity index (χ4v) is 2.75. The molecule has 1 unspecified atom stereocenters. The van der Waals surface area contributed by atoms with Crippen LogP contribution in [0.5, 0.6) is 0 Å². The highest BCUT2D eigenvalue weighted by Gasteiger charge is 2.19. The van der Waals surface area contributed by atoms with E-state index in [4.69, 9.17) is 0 Å². The van der Waals surface area contributed by atoms with Gasteiger partial charge in [-0.2, -0.15) is 0 Å². The average Bonchev–Trinajstić information content (AvgIpc) is 2.16. The van der Waals surface area contributed by atoms with Gasteiger partial charge in [-0.05, 0) is 37.1 Å². The van der Waals surface area contributed by atoms with Gasteiger partial charge in [-0.3, -0.25) is 0 Å². The van der Waals surface area contributed by atoms with Crippen molar-refractivity contribution in [3.8, 4) is 0 Å². The van der Waals surface area contributed by atoms with E-state index in [-0.39, 0.29) is 0 Å². The lowest BCUT2D eigenvalue weighted by molar-refractivity contribution is 0.569. The molecule has 82 valence electrons. The molecule has 2 rings (SSSR count). The molecule has 1 aliphatic heterocycles. The number of alkyl halides is 1. The third kappa shape index (κ3) is 2.52. The third-order valence-corrected chi connectivity index (χ3v) is 3.54. The Bertz CT molecular complexity index is 331. The van der Waals surface area contributed by atoms with Crippen LogP contribution in [0.3, 0.4) is 0 Å². The smallest absolute Gasteiger partial charge is 0.0970 e. The fraction of sp³-hybridized carbons (Fsp3) is 0.500. The summed E-state index contributed by atoms with van der Waals surface area (Å²) in [6.45, 7) is 7.45. The summed E-state index contributed by atoms with van der Waals surface area (Å²) in [6, 6.07) is 6.73. The van der Waals surface area contributed by atoms with E-state index in [1.54, 1.807) is 0 Å². The minimum absolute atomic E-state index is 0.410. The molecule has 3 heteroatoms. The second kappa shape index (κ2) is 4.54. The lowest BCUT2D eigenvalue weighted by Crippen LogP contribution is -2.48. The van der Waals surface area contributed by atoms with E-state index in [0.717, 1.165) is 19.6 Å². The van der Waals surface area contributed by atoms with Crippen molar-refractivity contribution in [1.29, 1.82) is 0 Å². The van der Waals surface area contributed by atoms with Crippen molar-refractivity contribution >= 4 is 21.6 Å². The van der Waals surface area contributed by atoms with Gasteiger partial charge in [-0.25, -0.2) is 0 Å². The number of nitrogens with one attached hydrogen (secondary N) is 1. The Kier molecular flexibility index (Phi) is 3.32. The Balaban J connectivity index is 2.27. The van der Waals surface area contributed by atoms with E-state index >= 15 is 0 Å². The lowest BCUT2D eigenvalue weighted by Gasteiger charge is -2.35. The van der Waals surface area contributed by atoms with Crippen LogP contribution in [0.2, 0.25) is 0 Å². The predicted molar refractivity (Wildman–Crippen MR) is 68.8 cm³/mol. The maximum atomic E-state index is 3.70. The second-order valence-electron chi connectivity index (χ2n) is 4.18. The fourth-order valence-electron chi connectivity index (χ4n) is 2.08. The quantitative estimate of drug-likeness (QED) is 0.622. The molecule has 2 nitrogen and oxygen atoms in total. The van der Waals surface area contributed by atoms with Crippen molar-refractivity contribution in [3.63, 3.8) is 0 Å². The maximum absolute atomic E-state index is 3.70. The molecule has 15 heavy (non-hydrogen) atoms. The summed E-state index contributed by atoms with van der Waals surface area (Å²) in [7, 11) is 0. The average molecular weight is 269 g/mol. The van der Waals surface area contributed by atoms with Crippen molar-refractivity contribution in [2.75, 3.05) is 24.5 Å². The highest BCUT2D eigenvalue weighted by atomic mass is 79.9. The largest absolute Gasteiger partial charge is 0.356 e. The SMILES string of the molecule is Cc1cc(C)cc(N2CCNCC2Br)c1. The molecule has 1 aromatic rings. The lowest BCUT2D eigenvalue weighted by atomic mass is 10.1. The van der Waals surface area contributed by atoms with Crippen LogP contribution < -0.4 is 10.2 Å². The number of aryl methyl sites for hydroxylation is 2. The molecule has 1 heterocycles. The third-order valence-electron chi connectivity index (χ3n) is 2.72. The molecule has 1 N–H and O–H groups in total. The molecular formula is C12H17BrN2. The minimum Gasteiger partial charge on any atom is -0.356 e. The zero-order chi connectivity index (χ0) is 10.8. The monoisotopic (exact) mass is 268 g/mol. The molecule has 1 atom stereocenters. The molecule has 1 saturated heterocycles. The second-order valence-corrected chi connectivity index (χ2v) is 5.23. The Morgan fingerprint density at radius 1 is 1.27 bits per heavy atom. The van der Waals surface area contributed by atoms with Crippen LogP contribution in [-0.2, 0) is 0 Å². The molecule has 1 aliphatic rings. The molecule has 0 spiro atoms. The van der Waals surface area contributed by atoms with Crippen molar-refractivity contribution < 1.29 is 0 Å². The Morgan fingerprint density at radius 2 is 1.93 bits per heavy atom. The summed E-state index contributed by atoms with van der Waals surface area (Å²) >= 11 is 3.70. The first-order chi connectivity index (χ1) is 7.16. The van der Waals surface area contributed by atoms with Gasteiger partial charge in [0.1, 0.15) is 0 Å². The van der Waals surface area contributed by atoms with Gasteiger partial charge < -0.3 is 10.2 Å². The summed E-state index contributed by atoms with van der Waals surface area (Å²) in [6.07, 6.45) is 0. The molecule has 0 aliphatic carbocycles. The van der Waals surface area contributed by atoms with Gasteiger partial charge in [0.2, 0.25) is 0 Å². The van der Waals surface area contributed by atoms with Gasteiger partial charge in [-0.15, -0.1) is 0 Å². The number of hydrogen-bond acceptors (Lipinski definition) is 2. The van der Waals surface area contributed by atoms with Crippen LogP contribution in [0.1, 0.15) is 11.1 Å². The Morgan fingerprint density at radius 3 is 2.53 bits per heavy atom. The van der Waals surface area contributed by atoms with Gasteiger partial charge in [0.15, 0.2) is 0 Å². The zero-order valence-corrected chi connectivity index (χ0v) is 10.8. The van der Waals surface area contributed by atoms with E-state index in [9.17, 15) is 0 Å². The molecule has 0 aromatic heterocycles. The topological polar surface area (TPSA) is 15.3 Å². The highest BCUT2D eigenvalue weighted by Crippen LogP contribution is 2.23. The first kappa shape index (κ1) is 11.0. The van der Waals surface area contributed by atoms with Crippen LogP contribution in [0, 0.1) is 13.8 Å². The van der Waals surface area contributed by atoms with Gasteiger partial charge in [0, 0.05) is 25.3 Å². The van der Waals surface area contributed by atoms with Crippen molar-refractivity contribution in [1.82, 2.24) is 5.32 Å². The van der Waals surface area contributed by atoms with E-state index in [2.05, 4.69) is 58.2 Å². The summed E-state index contributed by atoms with van der Waals surface area (Å²) in [5.74, 6) is 0. The number of piperazine rings is 1. The van der Waals surface area contributed by atoms with Crippen LogP contribution in [0.4, 0.5) is 5.69 Å². The first-order valence-electron chi connectivity index (χ1n) is 5.36. The van der Waals surface area contributed by atoms with Crippen molar-refractivity contribution in [3.05, 3.63) is 29.3 Å². The number of nitrogens with zero attached hydrogens (tertiary/aromatic N) is 1. The van der Waals surface area contributed by atoms with Crippen LogP contribution >= 0.6 is 15.9 Å².